The molecule has 1 aromatic rings. The van der Waals surface area contributed by atoms with E-state index in [1.165, 1.54) is 31.2 Å². The maximum atomic E-state index is 11.2. The van der Waals surface area contributed by atoms with Gasteiger partial charge < -0.3 is 5.32 Å². The van der Waals surface area contributed by atoms with Crippen molar-refractivity contribution in [3.8, 4) is 0 Å². The first-order chi connectivity index (χ1) is 7.30. The molecule has 1 N–H and O–H groups in total. The molecule has 5 nitrogen and oxygen atoms in total. The van der Waals surface area contributed by atoms with Gasteiger partial charge in [-0.05, 0) is 24.3 Å². The number of carbonyl (C=O) groups is 2. The van der Waals surface area contributed by atoms with Crippen LogP contribution in [-0.2, 0) is 13.8 Å². The Kier molecular flexibility index (Phi) is 3.66. The van der Waals surface area contributed by atoms with E-state index in [9.17, 15) is 18.0 Å². The van der Waals surface area contributed by atoms with Gasteiger partial charge in [-0.1, -0.05) is 0 Å². The Bertz CT molecular complexity index is 521. The number of anilines is 1. The van der Waals surface area contributed by atoms with E-state index in [0.717, 1.165) is 0 Å². The van der Waals surface area contributed by atoms with Gasteiger partial charge in [0.2, 0.25) is 5.91 Å². The highest BCUT2D eigenvalue weighted by atomic mass is 35.7. The second kappa shape index (κ2) is 4.63. The van der Waals surface area contributed by atoms with Crippen LogP contribution in [0, 0.1) is 0 Å². The number of benzene rings is 1. The van der Waals surface area contributed by atoms with Crippen molar-refractivity contribution in [2.45, 2.75) is 6.92 Å². The zero-order valence-corrected chi connectivity index (χ0v) is 9.80. The van der Waals surface area contributed by atoms with E-state index < -0.39 is 14.2 Å². The minimum atomic E-state index is -4.25. The van der Waals surface area contributed by atoms with Crippen LogP contribution in [0.25, 0.3) is 0 Å². The zero-order valence-electron chi connectivity index (χ0n) is 8.23. The maximum Gasteiger partial charge on any atom is 0.299 e. The third kappa shape index (κ3) is 3.32. The van der Waals surface area contributed by atoms with E-state index in [1.54, 1.807) is 0 Å². The Morgan fingerprint density at radius 2 is 1.69 bits per heavy atom. The molecule has 0 atom stereocenters. The molecular formula is C9H8ClNO4S. The monoisotopic (exact) mass is 261 g/mol. The summed E-state index contributed by atoms with van der Waals surface area (Å²) >= 11 is 0. The van der Waals surface area contributed by atoms with Gasteiger partial charge in [0.25, 0.3) is 14.2 Å². The van der Waals surface area contributed by atoms with Crippen LogP contribution in [0.15, 0.2) is 24.3 Å². The van der Waals surface area contributed by atoms with Gasteiger partial charge in [0, 0.05) is 28.9 Å². The third-order valence-electron chi connectivity index (χ3n) is 1.66. The van der Waals surface area contributed by atoms with E-state index in [1.807, 2.05) is 0 Å². The summed E-state index contributed by atoms with van der Waals surface area (Å²) in [7, 11) is 0.649. The third-order valence-corrected chi connectivity index (χ3v) is 2.76. The van der Waals surface area contributed by atoms with Crippen molar-refractivity contribution in [1.29, 1.82) is 0 Å². The molecule has 0 fully saturated rings. The van der Waals surface area contributed by atoms with E-state index >= 15 is 0 Å². The molecule has 0 heterocycles. The lowest BCUT2D eigenvalue weighted by atomic mass is 10.2. The van der Waals surface area contributed by atoms with E-state index in [-0.39, 0.29) is 11.5 Å². The average molecular weight is 262 g/mol. The molecule has 0 saturated carbocycles. The average Bonchev–Trinajstić information content (AvgIpc) is 2.15. The first-order valence-corrected chi connectivity index (χ1v) is 6.48. The number of hydrogen-bond donors (Lipinski definition) is 1. The fourth-order valence-electron chi connectivity index (χ4n) is 1.03. The molecule has 1 rings (SSSR count). The molecule has 0 spiro atoms. The molecule has 1 amide bonds. The highest BCUT2D eigenvalue weighted by Crippen LogP contribution is 2.13. The quantitative estimate of drug-likeness (QED) is 0.815. The zero-order chi connectivity index (χ0) is 12.3. The second-order valence-corrected chi connectivity index (χ2v) is 5.45. The van der Waals surface area contributed by atoms with Gasteiger partial charge in [-0.2, -0.15) is 0 Å². The summed E-state index contributed by atoms with van der Waals surface area (Å²) in [5, 5.41) is 1.31. The number of rotatable bonds is 2. The maximum absolute atomic E-state index is 11.2. The van der Waals surface area contributed by atoms with Crippen molar-refractivity contribution in [3.63, 3.8) is 0 Å². The lowest BCUT2D eigenvalue weighted by molar-refractivity contribution is -0.114. The van der Waals surface area contributed by atoms with Gasteiger partial charge in [-0.15, -0.1) is 0 Å². The lowest BCUT2D eigenvalue weighted by Gasteiger charge is -2.02. The minimum absolute atomic E-state index is 0.0518. The number of halogens is 1. The molecule has 86 valence electrons. The summed E-state index contributed by atoms with van der Waals surface area (Å²) in [6.07, 6.45) is 0. The smallest absolute Gasteiger partial charge is 0.299 e. The van der Waals surface area contributed by atoms with Gasteiger partial charge in [0.05, 0.1) is 0 Å². The normalized spacial score (nSPS) is 10.9. The number of hydrogen-bond acceptors (Lipinski definition) is 4. The SMILES string of the molecule is CC(=O)Nc1ccc(C(=O)S(=O)(=O)Cl)cc1. The van der Waals surface area contributed by atoms with Crippen LogP contribution >= 0.6 is 10.7 Å². The molecule has 0 radical (unpaired) electrons. The van der Waals surface area contributed by atoms with Crippen LogP contribution < -0.4 is 5.32 Å². The molecule has 0 aliphatic rings. The van der Waals surface area contributed by atoms with Crippen molar-refractivity contribution in [3.05, 3.63) is 29.8 Å². The number of nitrogens with one attached hydrogen (secondary N) is 1. The van der Waals surface area contributed by atoms with Crippen LogP contribution in [-0.4, -0.2) is 19.4 Å². The largest absolute Gasteiger partial charge is 0.326 e. The summed E-state index contributed by atoms with van der Waals surface area (Å²) in [6.45, 7) is 1.34. The summed E-state index contributed by atoms with van der Waals surface area (Å²) in [6, 6.07) is 5.37. The Hall–Kier alpha value is -1.40. The Balaban J connectivity index is 2.96. The number of carbonyl (C=O) groups excluding carboxylic acids is 2. The van der Waals surface area contributed by atoms with Gasteiger partial charge in [0.15, 0.2) is 0 Å². The molecule has 0 aliphatic heterocycles. The second-order valence-electron chi connectivity index (χ2n) is 2.98. The first kappa shape index (κ1) is 12.7. The van der Waals surface area contributed by atoms with Gasteiger partial charge in [-0.25, -0.2) is 8.42 Å². The summed E-state index contributed by atoms with van der Waals surface area (Å²) in [5.74, 6) is -0.260. The molecule has 7 heteroatoms. The minimum Gasteiger partial charge on any atom is -0.326 e. The highest BCUT2D eigenvalue weighted by molar-refractivity contribution is 8.25. The van der Waals surface area contributed by atoms with Crippen molar-refractivity contribution >= 4 is 36.4 Å². The highest BCUT2D eigenvalue weighted by Gasteiger charge is 2.20. The van der Waals surface area contributed by atoms with E-state index in [2.05, 4.69) is 5.32 Å². The van der Waals surface area contributed by atoms with E-state index in [4.69, 9.17) is 10.7 Å². The van der Waals surface area contributed by atoms with Crippen LogP contribution in [0.2, 0.25) is 0 Å². The van der Waals surface area contributed by atoms with Gasteiger partial charge >= 0.3 is 0 Å². The Morgan fingerprint density at radius 3 is 2.06 bits per heavy atom. The summed E-state index contributed by atoms with van der Waals surface area (Å²) in [5.41, 5.74) is 0.417. The van der Waals surface area contributed by atoms with Gasteiger partial charge in [0.1, 0.15) is 0 Å². The summed E-state index contributed by atoms with van der Waals surface area (Å²) < 4.78 is 21.5. The van der Waals surface area contributed by atoms with Crippen molar-refractivity contribution < 1.29 is 18.0 Å². The molecule has 0 aromatic heterocycles. The molecule has 0 unspecified atom stereocenters. The Labute approximate surface area is 96.8 Å². The standard InChI is InChI=1S/C9H8ClNO4S/c1-6(12)11-8-4-2-7(3-5-8)9(13)16(10,14)15/h2-5H,1H3,(H,11,12). The Morgan fingerprint density at radius 1 is 1.19 bits per heavy atom. The molecule has 16 heavy (non-hydrogen) atoms. The van der Waals surface area contributed by atoms with Gasteiger partial charge in [-0.3, -0.25) is 9.59 Å². The molecule has 0 bridgehead atoms. The summed E-state index contributed by atoms with van der Waals surface area (Å²) in [4.78, 5) is 21.9. The van der Waals surface area contributed by atoms with Crippen LogP contribution in [0.4, 0.5) is 5.69 Å². The predicted molar refractivity (Wildman–Crippen MR) is 59.8 cm³/mol. The first-order valence-electron chi connectivity index (χ1n) is 4.17. The predicted octanol–water partition coefficient (Wildman–Crippen LogP) is 1.35. The fraction of sp³-hybridized carbons (Fsp3) is 0.111. The van der Waals surface area contributed by atoms with E-state index in [0.29, 0.717) is 5.69 Å². The lowest BCUT2D eigenvalue weighted by Crippen LogP contribution is -2.09. The molecular weight excluding hydrogens is 254 g/mol. The van der Waals surface area contributed by atoms with Crippen molar-refractivity contribution in [2.24, 2.45) is 0 Å². The van der Waals surface area contributed by atoms with Crippen LogP contribution in [0.5, 0.6) is 0 Å². The van der Waals surface area contributed by atoms with Crippen LogP contribution in [0.1, 0.15) is 17.3 Å². The van der Waals surface area contributed by atoms with Crippen LogP contribution in [0.3, 0.4) is 0 Å². The molecule has 0 aliphatic carbocycles. The van der Waals surface area contributed by atoms with Crippen molar-refractivity contribution in [2.75, 3.05) is 5.32 Å². The molecule has 1 aromatic carbocycles. The topological polar surface area (TPSA) is 80.3 Å². The molecule has 0 saturated heterocycles. The fourth-order valence-corrected chi connectivity index (χ4v) is 1.72. The van der Waals surface area contributed by atoms with Crippen molar-refractivity contribution in [1.82, 2.24) is 0 Å². The number of amides is 1.